The molecule has 3 aromatic rings. The molecule has 0 N–H and O–H groups in total. The van der Waals surface area contributed by atoms with Gasteiger partial charge in [0, 0.05) is 16.7 Å². The number of ether oxygens (including phenoxy) is 1. The van der Waals surface area contributed by atoms with Crippen molar-refractivity contribution >= 4 is 27.6 Å². The van der Waals surface area contributed by atoms with Gasteiger partial charge in [0.25, 0.3) is 0 Å². The van der Waals surface area contributed by atoms with E-state index in [-0.39, 0.29) is 5.69 Å². The van der Waals surface area contributed by atoms with E-state index in [0.29, 0.717) is 41.3 Å². The van der Waals surface area contributed by atoms with Gasteiger partial charge >= 0.3 is 12.1 Å². The Bertz CT molecular complexity index is 1160. The third kappa shape index (κ3) is 4.14. The molecule has 0 spiro atoms. The van der Waals surface area contributed by atoms with Crippen molar-refractivity contribution in [2.75, 3.05) is 18.6 Å². The van der Waals surface area contributed by atoms with Gasteiger partial charge in [-0.15, -0.1) is 5.10 Å². The number of aromatic nitrogens is 3. The number of fused-ring (bicyclic) bond motifs is 1. The minimum absolute atomic E-state index is 0.0463. The van der Waals surface area contributed by atoms with E-state index >= 15 is 0 Å². The molecule has 162 valence electrons. The molecule has 0 fully saturated rings. The smallest absolute Gasteiger partial charge is 0.419 e. The summed E-state index contributed by atoms with van der Waals surface area (Å²) in [4.78, 5) is 14.1. The zero-order chi connectivity index (χ0) is 22.3. The number of anilines is 1. The highest BCUT2D eigenvalue weighted by atomic mass is 79.9. The first kappa shape index (κ1) is 21.3. The summed E-state index contributed by atoms with van der Waals surface area (Å²) in [5, 5.41) is 7.91. The number of carbonyl (C=O) groups is 1. The van der Waals surface area contributed by atoms with Gasteiger partial charge in [0.1, 0.15) is 11.5 Å². The summed E-state index contributed by atoms with van der Waals surface area (Å²) in [6.07, 6.45) is -2.69. The van der Waals surface area contributed by atoms with Crippen LogP contribution < -0.4 is 4.90 Å². The van der Waals surface area contributed by atoms with Crippen molar-refractivity contribution in [3.8, 4) is 5.69 Å². The van der Waals surface area contributed by atoms with Gasteiger partial charge in [-0.25, -0.2) is 13.9 Å². The molecule has 6 nitrogen and oxygen atoms in total. The number of hydrogen-bond donors (Lipinski definition) is 0. The van der Waals surface area contributed by atoms with Crippen LogP contribution >= 0.6 is 15.9 Å². The van der Waals surface area contributed by atoms with Gasteiger partial charge in [-0.05, 0) is 42.3 Å². The Labute approximate surface area is 182 Å². The van der Waals surface area contributed by atoms with Crippen LogP contribution in [0.5, 0.6) is 0 Å². The molecule has 0 unspecified atom stereocenters. The second-order valence-corrected chi connectivity index (χ2v) is 7.85. The van der Waals surface area contributed by atoms with E-state index in [1.807, 2.05) is 11.0 Å². The van der Waals surface area contributed by atoms with E-state index in [1.165, 1.54) is 24.1 Å². The van der Waals surface area contributed by atoms with Crippen LogP contribution in [0, 0.1) is 5.82 Å². The Balaban J connectivity index is 1.60. The Kier molecular flexibility index (Phi) is 5.46. The molecule has 0 amide bonds. The summed E-state index contributed by atoms with van der Waals surface area (Å²) in [5.41, 5.74) is 1.36. The summed E-state index contributed by atoms with van der Waals surface area (Å²) in [6, 6.07) is 6.24. The number of carbonyl (C=O) groups excluding carboxylic acids is 1. The zero-order valence-corrected chi connectivity index (χ0v) is 17.7. The standard InChI is InChI=1S/C20H15BrF4N4O2/c1-31-19(30)15-6-11(21)7-18-14(15)4-5-28(18)9-12-10-29(27-26-12)13-2-3-17(22)16(8-13)20(23,24)25/h2-3,6-8,10H,4-5,9H2,1H3. The third-order valence-electron chi connectivity index (χ3n) is 4.98. The SMILES string of the molecule is COC(=O)c1cc(Br)cc2c1CCN2Cc1cn(-c2ccc(F)c(C(F)(F)F)c2)nn1. The lowest BCUT2D eigenvalue weighted by Crippen LogP contribution is -2.20. The average Bonchev–Trinajstić information content (AvgIpc) is 3.34. The van der Waals surface area contributed by atoms with Gasteiger partial charge in [0.15, 0.2) is 0 Å². The van der Waals surface area contributed by atoms with Crippen molar-refractivity contribution in [1.82, 2.24) is 15.0 Å². The lowest BCUT2D eigenvalue weighted by Gasteiger charge is -2.18. The van der Waals surface area contributed by atoms with Gasteiger partial charge in [-0.1, -0.05) is 21.1 Å². The van der Waals surface area contributed by atoms with Crippen molar-refractivity contribution in [1.29, 1.82) is 0 Å². The molecule has 31 heavy (non-hydrogen) atoms. The molecule has 0 radical (unpaired) electrons. The van der Waals surface area contributed by atoms with Gasteiger partial charge in [0.2, 0.25) is 0 Å². The summed E-state index contributed by atoms with van der Waals surface area (Å²) in [5.74, 6) is -1.78. The highest BCUT2D eigenvalue weighted by Gasteiger charge is 2.34. The quantitative estimate of drug-likeness (QED) is 0.390. The molecule has 0 saturated carbocycles. The van der Waals surface area contributed by atoms with Crippen LogP contribution in [-0.4, -0.2) is 34.6 Å². The fraction of sp³-hybridized carbons (Fsp3) is 0.250. The predicted octanol–water partition coefficient (Wildman–Crippen LogP) is 4.54. The van der Waals surface area contributed by atoms with E-state index in [0.717, 1.165) is 17.3 Å². The largest absolute Gasteiger partial charge is 0.465 e. The Morgan fingerprint density at radius 2 is 2.03 bits per heavy atom. The van der Waals surface area contributed by atoms with Crippen molar-refractivity contribution < 1.29 is 27.1 Å². The molecule has 1 aliphatic rings. The first-order valence-electron chi connectivity index (χ1n) is 9.11. The highest BCUT2D eigenvalue weighted by Crippen LogP contribution is 2.36. The highest BCUT2D eigenvalue weighted by molar-refractivity contribution is 9.10. The molecule has 0 saturated heterocycles. The summed E-state index contributed by atoms with van der Waals surface area (Å²) >= 11 is 3.40. The summed E-state index contributed by atoms with van der Waals surface area (Å²) < 4.78 is 59.2. The second kappa shape index (κ2) is 7.95. The summed E-state index contributed by atoms with van der Waals surface area (Å²) in [6.45, 7) is 0.953. The van der Waals surface area contributed by atoms with E-state index in [4.69, 9.17) is 4.74 Å². The second-order valence-electron chi connectivity index (χ2n) is 6.93. The first-order chi connectivity index (χ1) is 14.7. The Morgan fingerprint density at radius 3 is 2.74 bits per heavy atom. The molecular formula is C20H15BrF4N4O2. The van der Waals surface area contributed by atoms with Crippen molar-refractivity contribution in [3.05, 3.63) is 69.2 Å². The van der Waals surface area contributed by atoms with Gasteiger partial charge < -0.3 is 9.64 Å². The van der Waals surface area contributed by atoms with Crippen LogP contribution in [0.25, 0.3) is 5.69 Å². The molecule has 1 aromatic heterocycles. The lowest BCUT2D eigenvalue weighted by molar-refractivity contribution is -0.140. The number of halogens is 5. The number of benzene rings is 2. The van der Waals surface area contributed by atoms with Crippen LogP contribution in [0.3, 0.4) is 0 Å². The average molecular weight is 499 g/mol. The fourth-order valence-corrected chi connectivity index (χ4v) is 4.00. The number of hydrogen-bond acceptors (Lipinski definition) is 5. The van der Waals surface area contributed by atoms with Crippen LogP contribution in [0.15, 0.2) is 41.0 Å². The van der Waals surface area contributed by atoms with Crippen molar-refractivity contribution in [2.24, 2.45) is 0 Å². The monoisotopic (exact) mass is 498 g/mol. The molecule has 0 atom stereocenters. The number of alkyl halides is 3. The Morgan fingerprint density at radius 1 is 1.26 bits per heavy atom. The number of nitrogens with zero attached hydrogens (tertiary/aromatic N) is 4. The normalized spacial score (nSPS) is 13.4. The molecule has 11 heteroatoms. The van der Waals surface area contributed by atoms with E-state index in [2.05, 4.69) is 26.2 Å². The van der Waals surface area contributed by atoms with E-state index < -0.39 is 23.5 Å². The van der Waals surface area contributed by atoms with Crippen LogP contribution in [-0.2, 0) is 23.9 Å². The molecule has 0 bridgehead atoms. The van der Waals surface area contributed by atoms with Crippen LogP contribution in [0.4, 0.5) is 23.2 Å². The van der Waals surface area contributed by atoms with Crippen LogP contribution in [0.2, 0.25) is 0 Å². The van der Waals surface area contributed by atoms with E-state index in [1.54, 1.807) is 6.07 Å². The molecule has 2 aromatic carbocycles. The van der Waals surface area contributed by atoms with Crippen LogP contribution in [0.1, 0.15) is 27.2 Å². The number of methoxy groups -OCH3 is 1. The minimum Gasteiger partial charge on any atom is -0.465 e. The van der Waals surface area contributed by atoms with Crippen molar-refractivity contribution in [2.45, 2.75) is 19.1 Å². The molecule has 2 heterocycles. The molecule has 0 aliphatic carbocycles. The predicted molar refractivity (Wildman–Crippen MR) is 107 cm³/mol. The lowest BCUT2D eigenvalue weighted by atomic mass is 10.1. The third-order valence-corrected chi connectivity index (χ3v) is 5.44. The van der Waals surface area contributed by atoms with Gasteiger partial charge in [0.05, 0.1) is 36.7 Å². The maximum absolute atomic E-state index is 13.5. The molecule has 4 rings (SSSR count). The topological polar surface area (TPSA) is 60.2 Å². The summed E-state index contributed by atoms with van der Waals surface area (Å²) in [7, 11) is 1.32. The fourth-order valence-electron chi connectivity index (χ4n) is 3.56. The van der Waals surface area contributed by atoms with Crippen molar-refractivity contribution in [3.63, 3.8) is 0 Å². The maximum atomic E-state index is 13.5. The minimum atomic E-state index is -4.81. The Hall–Kier alpha value is -2.95. The van der Waals surface area contributed by atoms with Gasteiger partial charge in [-0.3, -0.25) is 0 Å². The molecule has 1 aliphatic heterocycles. The first-order valence-corrected chi connectivity index (χ1v) is 9.90. The maximum Gasteiger partial charge on any atom is 0.419 e. The van der Waals surface area contributed by atoms with E-state index in [9.17, 15) is 22.4 Å². The molecular weight excluding hydrogens is 484 g/mol. The number of rotatable bonds is 4. The zero-order valence-electron chi connectivity index (χ0n) is 16.1. The number of esters is 1. The van der Waals surface area contributed by atoms with Gasteiger partial charge in [-0.2, -0.15) is 13.2 Å².